The van der Waals surface area contributed by atoms with Gasteiger partial charge in [0.2, 0.25) is 5.91 Å². The molecule has 0 radical (unpaired) electrons. The van der Waals surface area contributed by atoms with Crippen molar-refractivity contribution >= 4 is 38.5 Å². The molecule has 0 saturated heterocycles. The lowest BCUT2D eigenvalue weighted by Gasteiger charge is -2.19. The minimum Gasteiger partial charge on any atom is -0.353 e. The van der Waals surface area contributed by atoms with Crippen LogP contribution in [0.1, 0.15) is 0 Å². The summed E-state index contributed by atoms with van der Waals surface area (Å²) in [4.78, 5) is 16.5. The second-order valence-electron chi connectivity index (χ2n) is 6.25. The number of fused-ring (bicyclic) bond motifs is 2. The first-order valence-electron chi connectivity index (χ1n) is 8.50. The van der Waals surface area contributed by atoms with Gasteiger partial charge in [0.1, 0.15) is 6.54 Å². The van der Waals surface area contributed by atoms with Crippen LogP contribution in [0, 0.1) is 0 Å². The van der Waals surface area contributed by atoms with Crippen molar-refractivity contribution in [3.05, 3.63) is 54.9 Å². The first-order valence-corrected chi connectivity index (χ1v) is 9.90. The molecule has 2 heterocycles. The summed E-state index contributed by atoms with van der Waals surface area (Å²) < 4.78 is 29.4. The quantitative estimate of drug-likeness (QED) is 0.718. The third-order valence-corrected chi connectivity index (χ3v) is 6.42. The Hall–Kier alpha value is -3.07. The van der Waals surface area contributed by atoms with E-state index in [1.54, 1.807) is 35.2 Å². The van der Waals surface area contributed by atoms with E-state index in [0.717, 1.165) is 11.0 Å². The highest BCUT2D eigenvalue weighted by atomic mass is 32.2. The molecule has 1 aromatic heterocycles. The fourth-order valence-corrected chi connectivity index (χ4v) is 4.64. The summed E-state index contributed by atoms with van der Waals surface area (Å²) in [6, 6.07) is 14.7. The summed E-state index contributed by atoms with van der Waals surface area (Å²) in [5.74, 6) is -0.198. The van der Waals surface area contributed by atoms with Crippen LogP contribution in [0.2, 0.25) is 0 Å². The molecular weight excluding hydrogens is 366 g/mol. The predicted molar refractivity (Wildman–Crippen MR) is 104 cm³/mol. The van der Waals surface area contributed by atoms with Gasteiger partial charge in [0.05, 0.1) is 35.3 Å². The average molecular weight is 385 g/mol. The van der Waals surface area contributed by atoms with Crippen molar-refractivity contribution in [3.63, 3.8) is 0 Å². The van der Waals surface area contributed by atoms with Crippen LogP contribution in [0.25, 0.3) is 11.0 Å². The number of imidazole rings is 1. The average Bonchev–Trinajstić information content (AvgIpc) is 3.15. The SMILES string of the molecule is CN1c2ccccc2N(CCNC(=O)Cn2cnc3ccccc32)S1(=O)=O. The van der Waals surface area contributed by atoms with E-state index < -0.39 is 10.2 Å². The topological polar surface area (TPSA) is 87.5 Å². The van der Waals surface area contributed by atoms with Crippen LogP contribution >= 0.6 is 0 Å². The number of rotatable bonds is 5. The van der Waals surface area contributed by atoms with E-state index in [9.17, 15) is 13.2 Å². The number of carbonyl (C=O) groups is 1. The lowest BCUT2D eigenvalue weighted by molar-refractivity contribution is -0.121. The van der Waals surface area contributed by atoms with Gasteiger partial charge in [-0.15, -0.1) is 0 Å². The van der Waals surface area contributed by atoms with Crippen molar-refractivity contribution in [1.29, 1.82) is 0 Å². The van der Waals surface area contributed by atoms with Crippen molar-refractivity contribution in [2.75, 3.05) is 28.7 Å². The minimum atomic E-state index is -3.60. The number of benzene rings is 2. The van der Waals surface area contributed by atoms with Crippen LogP contribution < -0.4 is 13.9 Å². The van der Waals surface area contributed by atoms with Crippen LogP contribution in [-0.2, 0) is 21.5 Å². The van der Waals surface area contributed by atoms with Gasteiger partial charge in [0.25, 0.3) is 0 Å². The zero-order chi connectivity index (χ0) is 19.0. The Kier molecular flexibility index (Phi) is 4.23. The Bertz CT molecular complexity index is 1110. The maximum atomic E-state index is 12.6. The lowest BCUT2D eigenvalue weighted by atomic mass is 10.2. The minimum absolute atomic E-state index is 0.129. The van der Waals surface area contributed by atoms with Gasteiger partial charge in [-0.2, -0.15) is 8.42 Å². The van der Waals surface area contributed by atoms with Gasteiger partial charge in [-0.25, -0.2) is 9.29 Å². The summed E-state index contributed by atoms with van der Waals surface area (Å²) in [6.45, 7) is 0.511. The summed E-state index contributed by atoms with van der Waals surface area (Å²) in [7, 11) is -2.08. The molecule has 1 N–H and O–H groups in total. The lowest BCUT2D eigenvalue weighted by Crippen LogP contribution is -2.41. The molecule has 4 rings (SSSR count). The van der Waals surface area contributed by atoms with Gasteiger partial charge in [-0.05, 0) is 24.3 Å². The van der Waals surface area contributed by atoms with Crippen molar-refractivity contribution in [1.82, 2.24) is 14.9 Å². The maximum Gasteiger partial charge on any atom is 0.326 e. The zero-order valence-electron chi connectivity index (χ0n) is 14.7. The summed E-state index contributed by atoms with van der Waals surface area (Å²) >= 11 is 0. The second kappa shape index (κ2) is 6.58. The third kappa shape index (κ3) is 2.99. The number of nitrogens with one attached hydrogen (secondary N) is 1. The molecule has 27 heavy (non-hydrogen) atoms. The molecule has 0 fully saturated rings. The number of para-hydroxylation sites is 4. The van der Waals surface area contributed by atoms with E-state index in [4.69, 9.17) is 0 Å². The molecular formula is C18H19N5O3S. The Morgan fingerprint density at radius 3 is 2.59 bits per heavy atom. The molecule has 2 aromatic carbocycles. The van der Waals surface area contributed by atoms with Crippen LogP contribution in [-0.4, -0.2) is 44.0 Å². The number of amides is 1. The number of aromatic nitrogens is 2. The van der Waals surface area contributed by atoms with E-state index in [1.165, 1.54) is 15.7 Å². The van der Waals surface area contributed by atoms with Crippen LogP contribution in [0.4, 0.5) is 11.4 Å². The Morgan fingerprint density at radius 2 is 1.78 bits per heavy atom. The molecule has 1 amide bonds. The number of hydrogen-bond acceptors (Lipinski definition) is 4. The Labute approximate surface area is 157 Å². The number of carbonyl (C=O) groups excluding carboxylic acids is 1. The van der Waals surface area contributed by atoms with Gasteiger partial charge >= 0.3 is 10.2 Å². The van der Waals surface area contributed by atoms with E-state index in [-0.39, 0.29) is 25.5 Å². The molecule has 0 atom stereocenters. The smallest absolute Gasteiger partial charge is 0.326 e. The molecule has 140 valence electrons. The zero-order valence-corrected chi connectivity index (χ0v) is 15.6. The Balaban J connectivity index is 1.40. The molecule has 0 aliphatic carbocycles. The highest BCUT2D eigenvalue weighted by Gasteiger charge is 2.37. The largest absolute Gasteiger partial charge is 0.353 e. The summed E-state index contributed by atoms with van der Waals surface area (Å²) in [5, 5.41) is 2.78. The molecule has 3 aromatic rings. The third-order valence-electron chi connectivity index (χ3n) is 4.59. The molecule has 0 bridgehead atoms. The summed E-state index contributed by atoms with van der Waals surface area (Å²) in [6.07, 6.45) is 1.63. The van der Waals surface area contributed by atoms with E-state index in [1.807, 2.05) is 24.3 Å². The molecule has 8 nitrogen and oxygen atoms in total. The van der Waals surface area contributed by atoms with Crippen molar-refractivity contribution < 1.29 is 13.2 Å². The van der Waals surface area contributed by atoms with Gasteiger partial charge < -0.3 is 9.88 Å². The van der Waals surface area contributed by atoms with Crippen molar-refractivity contribution in [3.8, 4) is 0 Å². The monoisotopic (exact) mass is 385 g/mol. The highest BCUT2D eigenvalue weighted by Crippen LogP contribution is 2.38. The molecule has 1 aliphatic rings. The number of hydrogen-bond donors (Lipinski definition) is 1. The Morgan fingerprint density at radius 1 is 1.07 bits per heavy atom. The molecule has 0 unspecified atom stereocenters. The van der Waals surface area contributed by atoms with Crippen LogP contribution in [0.5, 0.6) is 0 Å². The van der Waals surface area contributed by atoms with Gasteiger partial charge in [-0.3, -0.25) is 9.10 Å². The number of nitrogens with zero attached hydrogens (tertiary/aromatic N) is 4. The van der Waals surface area contributed by atoms with Gasteiger partial charge in [0, 0.05) is 13.6 Å². The van der Waals surface area contributed by atoms with Gasteiger partial charge in [0.15, 0.2) is 0 Å². The number of anilines is 2. The molecule has 0 spiro atoms. The van der Waals surface area contributed by atoms with Crippen molar-refractivity contribution in [2.45, 2.75) is 6.54 Å². The van der Waals surface area contributed by atoms with Crippen LogP contribution in [0.15, 0.2) is 54.9 Å². The van der Waals surface area contributed by atoms with E-state index >= 15 is 0 Å². The standard InChI is InChI=1S/C18H19N5O3S/c1-21-16-8-4-5-9-17(16)23(27(21,25)26)11-10-19-18(24)12-22-13-20-14-6-2-3-7-15(14)22/h2-9,13H,10-12H2,1H3,(H,19,24). The predicted octanol–water partition coefficient (Wildman–Crippen LogP) is 1.35. The molecule has 1 aliphatic heterocycles. The summed E-state index contributed by atoms with van der Waals surface area (Å²) in [5.41, 5.74) is 2.96. The maximum absolute atomic E-state index is 12.6. The first-order chi connectivity index (χ1) is 13.0. The van der Waals surface area contributed by atoms with E-state index in [0.29, 0.717) is 11.4 Å². The normalized spacial score (nSPS) is 15.1. The highest BCUT2D eigenvalue weighted by molar-refractivity contribution is 7.94. The first kappa shape index (κ1) is 17.3. The van der Waals surface area contributed by atoms with Crippen molar-refractivity contribution in [2.24, 2.45) is 0 Å². The fourth-order valence-electron chi connectivity index (χ4n) is 3.22. The van der Waals surface area contributed by atoms with Crippen LogP contribution in [0.3, 0.4) is 0 Å². The van der Waals surface area contributed by atoms with E-state index in [2.05, 4.69) is 10.3 Å². The second-order valence-corrected chi connectivity index (χ2v) is 8.13. The molecule has 0 saturated carbocycles. The molecule has 9 heteroatoms. The van der Waals surface area contributed by atoms with Gasteiger partial charge in [-0.1, -0.05) is 24.3 Å². The fraction of sp³-hybridized carbons (Fsp3) is 0.222.